The van der Waals surface area contributed by atoms with Crippen LogP contribution in [0.4, 0.5) is 11.5 Å². The fourth-order valence-corrected chi connectivity index (χ4v) is 5.28. The maximum absolute atomic E-state index is 12.0. The lowest BCUT2D eigenvalue weighted by Gasteiger charge is -2.28. The number of benzene rings is 3. The Hall–Kier alpha value is -4.07. The second kappa shape index (κ2) is 12.4. The van der Waals surface area contributed by atoms with E-state index in [0.717, 1.165) is 35.3 Å². The third-order valence-corrected chi connectivity index (χ3v) is 7.95. The smallest absolute Gasteiger partial charge is 0.217 e. The van der Waals surface area contributed by atoms with Crippen molar-refractivity contribution in [3.63, 3.8) is 0 Å². The molecule has 1 aliphatic rings. The second-order valence-electron chi connectivity index (χ2n) is 12.3. The summed E-state index contributed by atoms with van der Waals surface area (Å²) in [7, 11) is 0. The molecule has 0 bridgehead atoms. The maximum Gasteiger partial charge on any atom is 0.217 e. The molecule has 42 heavy (non-hydrogen) atoms. The van der Waals surface area contributed by atoms with Gasteiger partial charge in [0.15, 0.2) is 0 Å². The molecule has 5 rings (SSSR count). The van der Waals surface area contributed by atoms with E-state index in [1.807, 2.05) is 60.7 Å². The first kappa shape index (κ1) is 29.4. The van der Waals surface area contributed by atoms with E-state index in [-0.39, 0.29) is 16.9 Å². The predicted molar refractivity (Wildman–Crippen MR) is 169 cm³/mol. The van der Waals surface area contributed by atoms with Crippen LogP contribution in [-0.2, 0) is 22.2 Å². The Morgan fingerprint density at radius 1 is 0.952 bits per heavy atom. The number of amides is 1. The minimum Gasteiger partial charge on any atom is -0.390 e. The molecule has 1 saturated carbocycles. The molecule has 0 spiro atoms. The number of hydrogen-bond acceptors (Lipinski definition) is 6. The first-order chi connectivity index (χ1) is 20.1. The number of aliphatic hydroxyl groups excluding tert-OH is 1. The monoisotopic (exact) mass is 563 g/mol. The lowest BCUT2D eigenvalue weighted by Crippen LogP contribution is -2.49. The summed E-state index contributed by atoms with van der Waals surface area (Å²) in [6.07, 6.45) is 3.39. The van der Waals surface area contributed by atoms with E-state index in [9.17, 15) is 9.90 Å². The highest BCUT2D eigenvalue weighted by molar-refractivity contribution is 5.73. The number of anilines is 2. The predicted octanol–water partition coefficient (Wildman–Crippen LogP) is 5.87. The van der Waals surface area contributed by atoms with Crippen LogP contribution in [0.5, 0.6) is 0 Å². The lowest BCUT2D eigenvalue weighted by atomic mass is 9.85. The van der Waals surface area contributed by atoms with Gasteiger partial charge < -0.3 is 21.1 Å². The van der Waals surface area contributed by atoms with Crippen molar-refractivity contribution in [1.29, 1.82) is 0 Å². The lowest BCUT2D eigenvalue weighted by molar-refractivity contribution is -0.120. The van der Waals surface area contributed by atoms with Gasteiger partial charge in [-0.15, -0.1) is 0 Å². The number of aromatic nitrogens is 2. The van der Waals surface area contributed by atoms with Gasteiger partial charge in [-0.25, -0.2) is 9.97 Å². The zero-order chi connectivity index (χ0) is 29.7. The van der Waals surface area contributed by atoms with E-state index < -0.39 is 12.1 Å². The number of carbonyl (C=O) groups is 1. The number of hydrogen-bond donors (Lipinski definition) is 4. The fraction of sp³-hybridized carbons (Fsp3) is 0.343. The van der Waals surface area contributed by atoms with Gasteiger partial charge in [-0.3, -0.25) is 4.79 Å². The Balaban J connectivity index is 1.21. The van der Waals surface area contributed by atoms with E-state index in [2.05, 4.69) is 71.0 Å². The number of aliphatic hydroxyl groups is 1. The highest BCUT2D eigenvalue weighted by Gasteiger charge is 2.44. The molecule has 7 heteroatoms. The highest BCUT2D eigenvalue weighted by atomic mass is 16.3. The van der Waals surface area contributed by atoms with Crippen molar-refractivity contribution in [2.45, 2.75) is 70.1 Å². The van der Waals surface area contributed by atoms with Crippen LogP contribution < -0.4 is 16.0 Å². The standard InChI is InChI=1S/C35H41N5O2/c1-24(41)39-31(32(42)22-38-35(17-18-35)28-12-8-11-27(20-28)34(2,3)4)19-25-13-15-29(16-14-25)40-33-21-30(36-23-37-33)26-9-6-5-7-10-26/h5-16,20-21,23,31-32,38,42H,17-19,22H2,1-4H3,(H,39,41)(H,36,37,40)/t31-,32-/m0/s1. The van der Waals surface area contributed by atoms with Crippen molar-refractivity contribution in [1.82, 2.24) is 20.6 Å². The SMILES string of the molecule is CC(=O)N[C@@H](Cc1ccc(Nc2cc(-c3ccccc3)ncn2)cc1)[C@@H](O)CNC1(c2cccc(C(C)(C)C)c2)CC1. The number of rotatable bonds is 11. The minimum atomic E-state index is -0.743. The summed E-state index contributed by atoms with van der Waals surface area (Å²) in [5.41, 5.74) is 6.32. The zero-order valence-corrected chi connectivity index (χ0v) is 24.9. The topological polar surface area (TPSA) is 99.2 Å². The molecule has 0 aliphatic heterocycles. The maximum atomic E-state index is 12.0. The average Bonchev–Trinajstić information content (AvgIpc) is 3.78. The Labute approximate surface area is 248 Å². The molecule has 4 aromatic rings. The van der Waals surface area contributed by atoms with Gasteiger partial charge in [-0.05, 0) is 53.5 Å². The molecule has 1 amide bonds. The summed E-state index contributed by atoms with van der Waals surface area (Å²) < 4.78 is 0. The van der Waals surface area contributed by atoms with E-state index >= 15 is 0 Å². The van der Waals surface area contributed by atoms with Crippen molar-refractivity contribution < 1.29 is 9.90 Å². The molecule has 1 fully saturated rings. The third-order valence-electron chi connectivity index (χ3n) is 7.95. The van der Waals surface area contributed by atoms with Crippen molar-refractivity contribution >= 4 is 17.4 Å². The molecule has 0 radical (unpaired) electrons. The Bertz CT molecular complexity index is 1490. The van der Waals surface area contributed by atoms with Crippen molar-refractivity contribution in [2.24, 2.45) is 0 Å². The normalized spacial score (nSPS) is 15.5. The summed E-state index contributed by atoms with van der Waals surface area (Å²) in [6.45, 7) is 8.55. The Morgan fingerprint density at radius 2 is 1.69 bits per heavy atom. The Kier molecular flexibility index (Phi) is 8.71. The van der Waals surface area contributed by atoms with Crippen LogP contribution in [0.25, 0.3) is 11.3 Å². The highest BCUT2D eigenvalue weighted by Crippen LogP contribution is 2.46. The number of carbonyl (C=O) groups excluding carboxylic acids is 1. The van der Waals surface area contributed by atoms with Crippen molar-refractivity contribution in [2.75, 3.05) is 11.9 Å². The van der Waals surface area contributed by atoms with Gasteiger partial charge in [0.2, 0.25) is 5.91 Å². The van der Waals surface area contributed by atoms with Gasteiger partial charge in [-0.2, -0.15) is 0 Å². The largest absolute Gasteiger partial charge is 0.390 e. The second-order valence-corrected chi connectivity index (χ2v) is 12.3. The van der Waals surface area contributed by atoms with Gasteiger partial charge in [0.25, 0.3) is 0 Å². The summed E-state index contributed by atoms with van der Waals surface area (Å²) in [6, 6.07) is 28.2. The number of nitrogens with zero attached hydrogens (tertiary/aromatic N) is 2. The molecule has 1 heterocycles. The van der Waals surface area contributed by atoms with Crippen LogP contribution in [0, 0.1) is 0 Å². The van der Waals surface area contributed by atoms with E-state index in [1.165, 1.54) is 18.1 Å². The molecule has 1 aliphatic carbocycles. The molecule has 218 valence electrons. The van der Waals surface area contributed by atoms with E-state index in [4.69, 9.17) is 0 Å². The molecule has 2 atom stereocenters. The minimum absolute atomic E-state index is 0.0765. The van der Waals surface area contributed by atoms with Gasteiger partial charge in [0, 0.05) is 36.3 Å². The van der Waals surface area contributed by atoms with Crippen LogP contribution >= 0.6 is 0 Å². The quantitative estimate of drug-likeness (QED) is 0.182. The molecule has 0 saturated heterocycles. The molecule has 7 nitrogen and oxygen atoms in total. The molecule has 0 unspecified atom stereocenters. The van der Waals surface area contributed by atoms with Gasteiger partial charge in [0.05, 0.1) is 17.8 Å². The summed E-state index contributed by atoms with van der Waals surface area (Å²) in [5, 5.41) is 21.2. The van der Waals surface area contributed by atoms with Crippen molar-refractivity contribution in [3.8, 4) is 11.3 Å². The molecule has 4 N–H and O–H groups in total. The van der Waals surface area contributed by atoms with Crippen LogP contribution in [0.15, 0.2) is 91.3 Å². The van der Waals surface area contributed by atoms with Gasteiger partial charge in [-0.1, -0.05) is 87.5 Å². The van der Waals surface area contributed by atoms with Crippen LogP contribution in [0.3, 0.4) is 0 Å². The third kappa shape index (κ3) is 7.41. The van der Waals surface area contributed by atoms with Gasteiger partial charge >= 0.3 is 0 Å². The average molecular weight is 564 g/mol. The first-order valence-corrected chi connectivity index (χ1v) is 14.7. The molecular weight excluding hydrogens is 522 g/mol. The molecule has 1 aromatic heterocycles. The van der Waals surface area contributed by atoms with Crippen LogP contribution in [0.1, 0.15) is 57.2 Å². The zero-order valence-electron chi connectivity index (χ0n) is 24.9. The summed E-state index contributed by atoms with van der Waals surface area (Å²) in [4.78, 5) is 20.8. The summed E-state index contributed by atoms with van der Waals surface area (Å²) in [5.74, 6) is 0.547. The Morgan fingerprint density at radius 3 is 2.36 bits per heavy atom. The summed E-state index contributed by atoms with van der Waals surface area (Å²) >= 11 is 0. The van der Waals surface area contributed by atoms with E-state index in [0.29, 0.717) is 18.8 Å². The van der Waals surface area contributed by atoms with Crippen LogP contribution in [-0.4, -0.2) is 39.7 Å². The molecule has 3 aromatic carbocycles. The molecular formula is C35H41N5O2. The van der Waals surface area contributed by atoms with E-state index in [1.54, 1.807) is 6.33 Å². The number of nitrogens with one attached hydrogen (secondary N) is 3. The fourth-order valence-electron chi connectivity index (χ4n) is 5.28. The first-order valence-electron chi connectivity index (χ1n) is 14.7. The van der Waals surface area contributed by atoms with Gasteiger partial charge in [0.1, 0.15) is 12.1 Å². The van der Waals surface area contributed by atoms with Crippen LogP contribution in [0.2, 0.25) is 0 Å². The van der Waals surface area contributed by atoms with Crippen molar-refractivity contribution in [3.05, 3.63) is 108 Å².